The van der Waals surface area contributed by atoms with Gasteiger partial charge in [-0.25, -0.2) is 0 Å². The van der Waals surface area contributed by atoms with Crippen LogP contribution in [0.25, 0.3) is 0 Å². The van der Waals surface area contributed by atoms with Crippen LogP contribution >= 0.6 is 0 Å². The minimum Gasteiger partial charge on any atom is -0.491 e. The molecule has 0 radical (unpaired) electrons. The van der Waals surface area contributed by atoms with Gasteiger partial charge < -0.3 is 9.30 Å². The van der Waals surface area contributed by atoms with Gasteiger partial charge in [-0.2, -0.15) is 0 Å². The van der Waals surface area contributed by atoms with Crippen LogP contribution in [0, 0.1) is 0 Å². The molecule has 0 aliphatic rings. The van der Waals surface area contributed by atoms with Crippen LogP contribution in [0.3, 0.4) is 0 Å². The highest BCUT2D eigenvalue weighted by Gasteiger charge is 2.02. The molecule has 3 heteroatoms. The fraction of sp³-hybridized carbons (Fsp3) is 0.154. The Balaban J connectivity index is 2.32. The average Bonchev–Trinajstić information content (AvgIpc) is 2.33. The summed E-state index contributed by atoms with van der Waals surface area (Å²) in [7, 11) is 1.50. The van der Waals surface area contributed by atoms with E-state index in [-0.39, 0.29) is 5.56 Å². The fourth-order valence-electron chi connectivity index (χ4n) is 1.57. The molecular weight excluding hydrogens is 202 g/mol. The van der Waals surface area contributed by atoms with Crippen molar-refractivity contribution in [1.29, 1.82) is 0 Å². The molecule has 0 N–H and O–H groups in total. The molecule has 0 spiro atoms. The van der Waals surface area contributed by atoms with Crippen molar-refractivity contribution >= 4 is 0 Å². The summed E-state index contributed by atoms with van der Waals surface area (Å²) < 4.78 is 6.62. The molecule has 16 heavy (non-hydrogen) atoms. The van der Waals surface area contributed by atoms with Crippen molar-refractivity contribution in [2.45, 2.75) is 6.54 Å². The maximum absolute atomic E-state index is 11.8. The molecule has 0 fully saturated rings. The Hall–Kier alpha value is -2.03. The largest absolute Gasteiger partial charge is 0.491 e. The third-order valence-electron chi connectivity index (χ3n) is 2.40. The molecular formula is C13H13NO2. The van der Waals surface area contributed by atoms with E-state index in [1.165, 1.54) is 7.11 Å². The molecule has 1 aromatic heterocycles. The first-order chi connectivity index (χ1) is 7.81. The van der Waals surface area contributed by atoms with E-state index in [4.69, 9.17) is 4.74 Å². The minimum atomic E-state index is -0.103. The third kappa shape index (κ3) is 2.14. The minimum absolute atomic E-state index is 0.103. The van der Waals surface area contributed by atoms with Gasteiger partial charge in [-0.1, -0.05) is 30.3 Å². The first kappa shape index (κ1) is 10.5. The summed E-state index contributed by atoms with van der Waals surface area (Å²) in [6.45, 7) is 0.566. The van der Waals surface area contributed by atoms with Gasteiger partial charge in [0.15, 0.2) is 5.75 Å². The standard InChI is InChI=1S/C13H13NO2/c1-16-12-8-5-9-14(13(12)15)10-11-6-3-2-4-7-11/h2-9H,10H2,1H3. The number of rotatable bonds is 3. The zero-order valence-electron chi connectivity index (χ0n) is 9.09. The highest BCUT2D eigenvalue weighted by Crippen LogP contribution is 2.04. The smallest absolute Gasteiger partial charge is 0.293 e. The predicted molar refractivity (Wildman–Crippen MR) is 62.8 cm³/mol. The maximum Gasteiger partial charge on any atom is 0.293 e. The zero-order chi connectivity index (χ0) is 11.4. The summed E-state index contributed by atoms with van der Waals surface area (Å²) >= 11 is 0. The van der Waals surface area contributed by atoms with Gasteiger partial charge in [0.1, 0.15) is 0 Å². The number of benzene rings is 1. The van der Waals surface area contributed by atoms with Gasteiger partial charge in [0.25, 0.3) is 5.56 Å². The van der Waals surface area contributed by atoms with Crippen LogP contribution in [0.1, 0.15) is 5.56 Å². The van der Waals surface area contributed by atoms with E-state index in [1.807, 2.05) is 36.4 Å². The second-order valence-corrected chi connectivity index (χ2v) is 3.50. The highest BCUT2D eigenvalue weighted by molar-refractivity contribution is 5.20. The van der Waals surface area contributed by atoms with Crippen LogP contribution in [0.5, 0.6) is 5.75 Å². The quantitative estimate of drug-likeness (QED) is 0.783. The molecule has 2 aromatic rings. The van der Waals surface area contributed by atoms with Crippen molar-refractivity contribution in [3.8, 4) is 5.75 Å². The van der Waals surface area contributed by atoms with E-state index < -0.39 is 0 Å². The molecule has 0 aliphatic heterocycles. The number of methoxy groups -OCH3 is 1. The van der Waals surface area contributed by atoms with Crippen LogP contribution in [0.2, 0.25) is 0 Å². The number of pyridine rings is 1. The molecule has 2 rings (SSSR count). The Morgan fingerprint density at radius 3 is 2.56 bits per heavy atom. The molecule has 0 saturated carbocycles. The van der Waals surface area contributed by atoms with E-state index in [0.29, 0.717) is 12.3 Å². The van der Waals surface area contributed by atoms with Crippen LogP contribution in [0.4, 0.5) is 0 Å². The molecule has 0 saturated heterocycles. The Morgan fingerprint density at radius 2 is 1.88 bits per heavy atom. The van der Waals surface area contributed by atoms with E-state index in [1.54, 1.807) is 16.8 Å². The molecule has 3 nitrogen and oxygen atoms in total. The maximum atomic E-state index is 11.8. The lowest BCUT2D eigenvalue weighted by Crippen LogP contribution is -2.20. The van der Waals surface area contributed by atoms with Gasteiger partial charge in [-0.05, 0) is 17.7 Å². The van der Waals surface area contributed by atoms with E-state index >= 15 is 0 Å². The second kappa shape index (κ2) is 4.66. The SMILES string of the molecule is COc1cccn(Cc2ccccc2)c1=O. The number of aromatic nitrogens is 1. The fourth-order valence-corrected chi connectivity index (χ4v) is 1.57. The van der Waals surface area contributed by atoms with Gasteiger partial charge >= 0.3 is 0 Å². The lowest BCUT2D eigenvalue weighted by molar-refractivity contribution is 0.403. The van der Waals surface area contributed by atoms with Crippen molar-refractivity contribution in [2.75, 3.05) is 7.11 Å². The van der Waals surface area contributed by atoms with E-state index in [9.17, 15) is 4.79 Å². The number of nitrogens with zero attached hydrogens (tertiary/aromatic N) is 1. The predicted octanol–water partition coefficient (Wildman–Crippen LogP) is 1.91. The lowest BCUT2D eigenvalue weighted by Gasteiger charge is -2.07. The Kier molecular flexibility index (Phi) is 3.05. The first-order valence-corrected chi connectivity index (χ1v) is 5.08. The van der Waals surface area contributed by atoms with Gasteiger partial charge in [0, 0.05) is 6.20 Å². The van der Waals surface area contributed by atoms with Crippen LogP contribution < -0.4 is 10.3 Å². The molecule has 1 aromatic carbocycles. The Labute approximate surface area is 93.9 Å². The second-order valence-electron chi connectivity index (χ2n) is 3.50. The van der Waals surface area contributed by atoms with Crippen LogP contribution in [-0.2, 0) is 6.54 Å². The summed E-state index contributed by atoms with van der Waals surface area (Å²) in [4.78, 5) is 11.8. The molecule has 0 bridgehead atoms. The molecule has 0 unspecified atom stereocenters. The van der Waals surface area contributed by atoms with Crippen molar-refractivity contribution < 1.29 is 4.74 Å². The summed E-state index contributed by atoms with van der Waals surface area (Å²) in [5, 5.41) is 0. The molecule has 0 aliphatic carbocycles. The normalized spacial score (nSPS) is 10.1. The lowest BCUT2D eigenvalue weighted by atomic mass is 10.2. The third-order valence-corrected chi connectivity index (χ3v) is 2.40. The van der Waals surface area contributed by atoms with Gasteiger partial charge in [0.05, 0.1) is 13.7 Å². The van der Waals surface area contributed by atoms with Gasteiger partial charge in [0.2, 0.25) is 0 Å². The highest BCUT2D eigenvalue weighted by atomic mass is 16.5. The Bertz CT molecular complexity index is 517. The first-order valence-electron chi connectivity index (χ1n) is 5.08. The molecule has 0 amide bonds. The molecule has 1 heterocycles. The zero-order valence-corrected chi connectivity index (χ0v) is 9.09. The van der Waals surface area contributed by atoms with Crippen molar-refractivity contribution in [3.63, 3.8) is 0 Å². The summed E-state index contributed by atoms with van der Waals surface area (Å²) in [5.74, 6) is 0.374. The number of hydrogen-bond acceptors (Lipinski definition) is 2. The monoisotopic (exact) mass is 215 g/mol. The molecule has 82 valence electrons. The van der Waals surface area contributed by atoms with E-state index in [2.05, 4.69) is 0 Å². The summed E-state index contributed by atoms with van der Waals surface area (Å²) in [5.41, 5.74) is 0.992. The summed E-state index contributed by atoms with van der Waals surface area (Å²) in [6.07, 6.45) is 1.76. The number of hydrogen-bond donors (Lipinski definition) is 0. The number of ether oxygens (including phenoxy) is 1. The van der Waals surface area contributed by atoms with Crippen LogP contribution in [0.15, 0.2) is 53.5 Å². The van der Waals surface area contributed by atoms with Crippen molar-refractivity contribution in [2.24, 2.45) is 0 Å². The van der Waals surface area contributed by atoms with Gasteiger partial charge in [-0.15, -0.1) is 0 Å². The topological polar surface area (TPSA) is 31.2 Å². The van der Waals surface area contributed by atoms with Crippen LogP contribution in [-0.4, -0.2) is 11.7 Å². The van der Waals surface area contributed by atoms with Gasteiger partial charge in [-0.3, -0.25) is 4.79 Å². The van der Waals surface area contributed by atoms with Crippen molar-refractivity contribution in [1.82, 2.24) is 4.57 Å². The Morgan fingerprint density at radius 1 is 1.12 bits per heavy atom. The van der Waals surface area contributed by atoms with E-state index in [0.717, 1.165) is 5.56 Å². The summed E-state index contributed by atoms with van der Waals surface area (Å²) in [6, 6.07) is 13.3. The average molecular weight is 215 g/mol. The van der Waals surface area contributed by atoms with Crippen molar-refractivity contribution in [3.05, 3.63) is 64.6 Å². The molecule has 0 atom stereocenters.